The molecule has 4 rings (SSSR count). The molecule has 0 amide bonds. The van der Waals surface area contributed by atoms with E-state index in [2.05, 4.69) is 11.8 Å². The molecule has 0 atom stereocenters. The van der Waals surface area contributed by atoms with Gasteiger partial charge >= 0.3 is 0 Å². The highest BCUT2D eigenvalue weighted by atomic mass is 19.2. The number of rotatable bonds is 2. The molecule has 6 heteroatoms. The smallest absolute Gasteiger partial charge is 0.195 e. The van der Waals surface area contributed by atoms with Crippen LogP contribution in [0.15, 0.2) is 60.7 Å². The van der Waals surface area contributed by atoms with Gasteiger partial charge in [0.15, 0.2) is 17.5 Å². The van der Waals surface area contributed by atoms with Gasteiger partial charge in [-0.1, -0.05) is 30.0 Å². The van der Waals surface area contributed by atoms with Crippen molar-refractivity contribution in [2.75, 3.05) is 7.11 Å². The molecule has 0 unspecified atom stereocenters. The van der Waals surface area contributed by atoms with Crippen molar-refractivity contribution in [2.45, 2.75) is 0 Å². The first-order valence-corrected chi connectivity index (χ1v) is 9.10. The first kappa shape index (κ1) is 20.4. The van der Waals surface area contributed by atoms with Crippen LogP contribution < -0.4 is 4.74 Å². The Morgan fingerprint density at radius 3 is 1.97 bits per heavy atom. The maximum Gasteiger partial charge on any atom is 0.195 e. The van der Waals surface area contributed by atoms with Crippen LogP contribution in [0.5, 0.6) is 5.75 Å². The van der Waals surface area contributed by atoms with Crippen LogP contribution in [0.25, 0.3) is 21.9 Å². The van der Waals surface area contributed by atoms with Gasteiger partial charge < -0.3 is 4.74 Å². The summed E-state index contributed by atoms with van der Waals surface area (Å²) < 4.78 is 74.8. The van der Waals surface area contributed by atoms with E-state index in [1.165, 1.54) is 37.4 Å². The van der Waals surface area contributed by atoms with Gasteiger partial charge in [0.05, 0.1) is 12.7 Å². The molecule has 0 aliphatic rings. The van der Waals surface area contributed by atoms with Gasteiger partial charge in [-0.05, 0) is 59.0 Å². The SMILES string of the molecule is COc1ccc(-c2cc(F)c(C#Cc3ccc4c(F)c(F)c(F)cc4c3)c(F)c2)cc1. The van der Waals surface area contributed by atoms with Crippen LogP contribution in [0.3, 0.4) is 0 Å². The summed E-state index contributed by atoms with van der Waals surface area (Å²) in [6, 6.07) is 13.8. The molecule has 0 aliphatic carbocycles. The highest BCUT2D eigenvalue weighted by molar-refractivity contribution is 5.84. The molecule has 0 fully saturated rings. The Hall–Kier alpha value is -3.85. The Kier molecular flexibility index (Phi) is 5.35. The molecule has 0 aliphatic heterocycles. The summed E-state index contributed by atoms with van der Waals surface area (Å²) in [6.45, 7) is 0. The zero-order chi connectivity index (χ0) is 22.1. The minimum atomic E-state index is -1.56. The lowest BCUT2D eigenvalue weighted by atomic mass is 10.0. The van der Waals surface area contributed by atoms with Crippen LogP contribution in [0, 0.1) is 40.9 Å². The van der Waals surface area contributed by atoms with E-state index >= 15 is 0 Å². The second-order valence-electron chi connectivity index (χ2n) is 6.72. The first-order valence-electron chi connectivity index (χ1n) is 9.10. The average Bonchev–Trinajstić information content (AvgIpc) is 2.77. The second kappa shape index (κ2) is 8.11. The third-order valence-corrected chi connectivity index (χ3v) is 4.77. The number of hydrogen-bond acceptors (Lipinski definition) is 1. The average molecular weight is 424 g/mol. The molecule has 0 bridgehead atoms. The molecular formula is C25H13F5O. The lowest BCUT2D eigenvalue weighted by Crippen LogP contribution is -1.93. The number of benzene rings is 4. The lowest BCUT2D eigenvalue weighted by Gasteiger charge is -2.06. The van der Waals surface area contributed by atoms with E-state index in [4.69, 9.17) is 4.74 Å². The Bertz CT molecular complexity index is 1340. The standard InChI is InChI=1S/C25H13F5O/c1-31-18-6-4-15(5-7-18)16-11-21(26)20(22(27)12-16)9-3-14-2-8-19-17(10-14)13-23(28)25(30)24(19)29/h2,4-8,10-13H,1H3. The molecule has 4 aromatic carbocycles. The Balaban J connectivity index is 1.69. The molecule has 0 heterocycles. The molecular weight excluding hydrogens is 411 g/mol. The van der Waals surface area contributed by atoms with Crippen molar-refractivity contribution in [2.24, 2.45) is 0 Å². The molecule has 1 nitrogen and oxygen atoms in total. The third kappa shape index (κ3) is 3.95. The number of fused-ring (bicyclic) bond motifs is 1. The molecule has 0 spiro atoms. The molecule has 0 saturated heterocycles. The summed E-state index contributed by atoms with van der Waals surface area (Å²) in [6.07, 6.45) is 0. The van der Waals surface area contributed by atoms with Gasteiger partial charge in [0, 0.05) is 10.9 Å². The number of methoxy groups -OCH3 is 1. The first-order chi connectivity index (χ1) is 14.9. The second-order valence-corrected chi connectivity index (χ2v) is 6.72. The zero-order valence-corrected chi connectivity index (χ0v) is 16.1. The topological polar surface area (TPSA) is 9.23 Å². The van der Waals surface area contributed by atoms with Crippen molar-refractivity contribution in [3.8, 4) is 28.7 Å². The quantitative estimate of drug-likeness (QED) is 0.200. The van der Waals surface area contributed by atoms with E-state index in [1.807, 2.05) is 0 Å². The van der Waals surface area contributed by atoms with E-state index in [1.54, 1.807) is 24.3 Å². The normalized spacial score (nSPS) is 10.6. The summed E-state index contributed by atoms with van der Waals surface area (Å²) in [4.78, 5) is 0. The van der Waals surface area contributed by atoms with Gasteiger partial charge in [-0.25, -0.2) is 22.0 Å². The molecule has 154 valence electrons. The third-order valence-electron chi connectivity index (χ3n) is 4.77. The fourth-order valence-electron chi connectivity index (χ4n) is 3.16. The van der Waals surface area contributed by atoms with Crippen LogP contribution in [-0.4, -0.2) is 7.11 Å². The van der Waals surface area contributed by atoms with Gasteiger partial charge in [0.2, 0.25) is 0 Å². The minimum Gasteiger partial charge on any atom is -0.497 e. The fourth-order valence-corrected chi connectivity index (χ4v) is 3.16. The van der Waals surface area contributed by atoms with Crippen molar-refractivity contribution in [1.29, 1.82) is 0 Å². The largest absolute Gasteiger partial charge is 0.497 e. The minimum absolute atomic E-state index is 0.0824. The maximum atomic E-state index is 14.5. The van der Waals surface area contributed by atoms with Gasteiger partial charge in [0.1, 0.15) is 17.4 Å². The predicted molar refractivity (Wildman–Crippen MR) is 108 cm³/mol. The fraction of sp³-hybridized carbons (Fsp3) is 0.0400. The summed E-state index contributed by atoms with van der Waals surface area (Å²) in [5, 5.41) is -0.0374. The van der Waals surface area contributed by atoms with Crippen molar-refractivity contribution in [3.63, 3.8) is 0 Å². The molecule has 0 saturated carbocycles. The lowest BCUT2D eigenvalue weighted by molar-refractivity contribution is 0.415. The summed E-state index contributed by atoms with van der Waals surface area (Å²) >= 11 is 0. The van der Waals surface area contributed by atoms with Crippen LogP contribution in [0.2, 0.25) is 0 Å². The van der Waals surface area contributed by atoms with E-state index in [0.717, 1.165) is 6.07 Å². The van der Waals surface area contributed by atoms with Crippen LogP contribution in [-0.2, 0) is 0 Å². The van der Waals surface area contributed by atoms with E-state index < -0.39 is 34.6 Å². The Morgan fingerprint density at radius 1 is 0.645 bits per heavy atom. The predicted octanol–water partition coefficient (Wildman–Crippen LogP) is 6.61. The maximum absolute atomic E-state index is 14.5. The van der Waals surface area contributed by atoms with Crippen molar-refractivity contribution < 1.29 is 26.7 Å². The van der Waals surface area contributed by atoms with Crippen molar-refractivity contribution in [1.82, 2.24) is 0 Å². The highest BCUT2D eigenvalue weighted by Crippen LogP contribution is 2.27. The highest BCUT2D eigenvalue weighted by Gasteiger charge is 2.14. The number of halogens is 5. The Labute approximate surface area is 174 Å². The van der Waals surface area contributed by atoms with Crippen LogP contribution in [0.4, 0.5) is 22.0 Å². The van der Waals surface area contributed by atoms with Crippen molar-refractivity contribution in [3.05, 3.63) is 101 Å². The molecule has 0 radical (unpaired) electrons. The van der Waals surface area contributed by atoms with Gasteiger partial charge in [-0.3, -0.25) is 0 Å². The van der Waals surface area contributed by atoms with E-state index in [-0.39, 0.29) is 16.3 Å². The summed E-state index contributed by atoms with van der Waals surface area (Å²) in [5.41, 5.74) is 0.760. The molecule has 0 aromatic heterocycles. The van der Waals surface area contributed by atoms with Crippen molar-refractivity contribution >= 4 is 10.8 Å². The number of hydrogen-bond donors (Lipinski definition) is 0. The monoisotopic (exact) mass is 424 g/mol. The van der Waals surface area contributed by atoms with Gasteiger partial charge in [0.25, 0.3) is 0 Å². The van der Waals surface area contributed by atoms with Crippen LogP contribution >= 0.6 is 0 Å². The zero-order valence-electron chi connectivity index (χ0n) is 16.1. The van der Waals surface area contributed by atoms with Gasteiger partial charge in [-0.2, -0.15) is 0 Å². The summed E-state index contributed by atoms with van der Waals surface area (Å²) in [5.74, 6) is -0.286. The molecule has 0 N–H and O–H groups in total. The van der Waals surface area contributed by atoms with E-state index in [0.29, 0.717) is 16.9 Å². The molecule has 4 aromatic rings. The summed E-state index contributed by atoms with van der Waals surface area (Å²) in [7, 11) is 1.52. The Morgan fingerprint density at radius 2 is 1.32 bits per heavy atom. The van der Waals surface area contributed by atoms with E-state index in [9.17, 15) is 22.0 Å². The molecule has 31 heavy (non-hydrogen) atoms. The van der Waals surface area contributed by atoms with Crippen LogP contribution in [0.1, 0.15) is 11.1 Å². The number of ether oxygens (including phenoxy) is 1. The van der Waals surface area contributed by atoms with Gasteiger partial charge in [-0.15, -0.1) is 0 Å².